The van der Waals surface area contributed by atoms with E-state index in [2.05, 4.69) is 21.2 Å². The lowest BCUT2D eigenvalue weighted by Crippen LogP contribution is -2.27. The highest BCUT2D eigenvalue weighted by molar-refractivity contribution is 9.10. The number of anilines is 1. The van der Waals surface area contributed by atoms with Gasteiger partial charge in [-0.15, -0.1) is 0 Å². The van der Waals surface area contributed by atoms with Crippen molar-refractivity contribution in [2.75, 3.05) is 11.9 Å². The van der Waals surface area contributed by atoms with Crippen LogP contribution in [0.4, 0.5) is 14.5 Å². The number of nitrogens with one attached hydrogen (secondary N) is 1. The average Bonchev–Trinajstić information content (AvgIpc) is 2.46. The summed E-state index contributed by atoms with van der Waals surface area (Å²) < 4.78 is 26.9. The van der Waals surface area contributed by atoms with Gasteiger partial charge in [0.1, 0.15) is 11.6 Å². The van der Waals surface area contributed by atoms with Crippen LogP contribution in [0.3, 0.4) is 0 Å². The maximum absolute atomic E-state index is 13.7. The van der Waals surface area contributed by atoms with Gasteiger partial charge in [0.2, 0.25) is 5.91 Å². The third-order valence-electron chi connectivity index (χ3n) is 3.02. The number of nitrogens with two attached hydrogens (primary N) is 1. The van der Waals surface area contributed by atoms with E-state index in [0.29, 0.717) is 6.07 Å². The van der Waals surface area contributed by atoms with Gasteiger partial charge in [0, 0.05) is 12.6 Å². The fraction of sp³-hybridized carbons (Fsp3) is 0.133. The Kier molecular flexibility index (Phi) is 5.03. The van der Waals surface area contributed by atoms with Crippen molar-refractivity contribution in [2.45, 2.75) is 5.92 Å². The second kappa shape index (κ2) is 6.78. The molecule has 1 atom stereocenters. The standard InChI is InChI=1S/C15H13BrF2N2O/c16-11-6-14(13(18)7-12(11)17)20-15(21)10(8-19)9-4-2-1-3-5-9/h1-7,10H,8,19H2,(H,20,21). The maximum Gasteiger partial charge on any atom is 0.233 e. The second-order valence-corrected chi connectivity index (χ2v) is 5.29. The predicted molar refractivity (Wildman–Crippen MR) is 80.9 cm³/mol. The Morgan fingerprint density at radius 2 is 1.86 bits per heavy atom. The summed E-state index contributed by atoms with van der Waals surface area (Å²) in [6, 6.07) is 10.8. The molecule has 0 aliphatic carbocycles. The first-order valence-corrected chi connectivity index (χ1v) is 7.02. The van der Waals surface area contributed by atoms with Crippen LogP contribution in [0.5, 0.6) is 0 Å². The van der Waals surface area contributed by atoms with E-state index in [-0.39, 0.29) is 16.7 Å². The van der Waals surface area contributed by atoms with Crippen LogP contribution in [0.25, 0.3) is 0 Å². The van der Waals surface area contributed by atoms with E-state index >= 15 is 0 Å². The van der Waals surface area contributed by atoms with E-state index in [0.717, 1.165) is 5.56 Å². The van der Waals surface area contributed by atoms with Crippen LogP contribution in [-0.4, -0.2) is 12.5 Å². The van der Waals surface area contributed by atoms with Gasteiger partial charge in [-0.2, -0.15) is 0 Å². The Bertz CT molecular complexity index is 650. The van der Waals surface area contributed by atoms with Crippen molar-refractivity contribution in [1.82, 2.24) is 0 Å². The number of halogens is 3. The van der Waals surface area contributed by atoms with Gasteiger partial charge in [-0.1, -0.05) is 30.3 Å². The molecule has 0 aliphatic rings. The first-order valence-electron chi connectivity index (χ1n) is 6.23. The third-order valence-corrected chi connectivity index (χ3v) is 3.63. The van der Waals surface area contributed by atoms with Gasteiger partial charge in [-0.25, -0.2) is 8.78 Å². The van der Waals surface area contributed by atoms with E-state index in [9.17, 15) is 13.6 Å². The SMILES string of the molecule is NCC(C(=O)Nc1cc(Br)c(F)cc1F)c1ccccc1. The highest BCUT2D eigenvalue weighted by Gasteiger charge is 2.20. The van der Waals surface area contributed by atoms with Crippen LogP contribution < -0.4 is 11.1 Å². The van der Waals surface area contributed by atoms with Crippen molar-refractivity contribution in [1.29, 1.82) is 0 Å². The van der Waals surface area contributed by atoms with E-state index < -0.39 is 23.5 Å². The van der Waals surface area contributed by atoms with Crippen molar-refractivity contribution in [3.8, 4) is 0 Å². The highest BCUT2D eigenvalue weighted by atomic mass is 79.9. The number of hydrogen-bond acceptors (Lipinski definition) is 2. The summed E-state index contributed by atoms with van der Waals surface area (Å²) in [5, 5.41) is 2.44. The zero-order valence-electron chi connectivity index (χ0n) is 10.9. The molecule has 0 aliphatic heterocycles. The first kappa shape index (κ1) is 15.6. The first-order chi connectivity index (χ1) is 10.0. The van der Waals surface area contributed by atoms with Crippen LogP contribution in [0, 0.1) is 11.6 Å². The molecule has 6 heteroatoms. The second-order valence-electron chi connectivity index (χ2n) is 4.43. The number of benzene rings is 2. The number of amides is 1. The van der Waals surface area contributed by atoms with Crippen molar-refractivity contribution in [3.05, 3.63) is 64.1 Å². The molecular formula is C15H13BrF2N2O. The molecule has 21 heavy (non-hydrogen) atoms. The van der Waals surface area contributed by atoms with Crippen LogP contribution in [0.2, 0.25) is 0 Å². The van der Waals surface area contributed by atoms with Crippen molar-refractivity contribution in [2.24, 2.45) is 5.73 Å². The minimum absolute atomic E-state index is 0.0724. The molecule has 1 unspecified atom stereocenters. The molecule has 0 saturated carbocycles. The summed E-state index contributed by atoms with van der Waals surface area (Å²) in [7, 11) is 0. The number of hydrogen-bond donors (Lipinski definition) is 2. The molecule has 0 saturated heterocycles. The molecule has 0 spiro atoms. The molecule has 2 aromatic carbocycles. The Morgan fingerprint density at radius 1 is 1.19 bits per heavy atom. The lowest BCUT2D eigenvalue weighted by molar-refractivity contribution is -0.117. The summed E-state index contributed by atoms with van der Waals surface area (Å²) in [6.07, 6.45) is 0. The third kappa shape index (κ3) is 3.65. The zero-order valence-corrected chi connectivity index (χ0v) is 12.5. The summed E-state index contributed by atoms with van der Waals surface area (Å²) >= 11 is 2.95. The van der Waals surface area contributed by atoms with E-state index in [4.69, 9.17) is 5.73 Å². The van der Waals surface area contributed by atoms with Gasteiger partial charge in [0.15, 0.2) is 0 Å². The number of carbonyl (C=O) groups is 1. The summed E-state index contributed by atoms with van der Waals surface area (Å²) in [4.78, 5) is 12.2. The van der Waals surface area contributed by atoms with Crippen LogP contribution in [0.1, 0.15) is 11.5 Å². The largest absolute Gasteiger partial charge is 0.329 e. The van der Waals surface area contributed by atoms with E-state index in [1.165, 1.54) is 6.07 Å². The van der Waals surface area contributed by atoms with Gasteiger partial charge in [0.25, 0.3) is 0 Å². The topological polar surface area (TPSA) is 55.1 Å². The minimum Gasteiger partial charge on any atom is -0.329 e. The molecule has 0 heterocycles. The molecule has 110 valence electrons. The molecule has 3 nitrogen and oxygen atoms in total. The number of rotatable bonds is 4. The van der Waals surface area contributed by atoms with Crippen molar-refractivity contribution < 1.29 is 13.6 Å². The van der Waals surface area contributed by atoms with Crippen LogP contribution >= 0.6 is 15.9 Å². The smallest absolute Gasteiger partial charge is 0.233 e. The molecule has 2 aromatic rings. The molecule has 0 bridgehead atoms. The lowest BCUT2D eigenvalue weighted by Gasteiger charge is -2.16. The van der Waals surface area contributed by atoms with Gasteiger partial charge in [0.05, 0.1) is 16.1 Å². The molecule has 0 fully saturated rings. The lowest BCUT2D eigenvalue weighted by atomic mass is 9.98. The predicted octanol–water partition coefficient (Wildman–Crippen LogP) is 3.41. The maximum atomic E-state index is 13.7. The summed E-state index contributed by atoms with van der Waals surface area (Å²) in [5.41, 5.74) is 6.27. The molecule has 0 aromatic heterocycles. The minimum atomic E-state index is -0.840. The molecule has 1 amide bonds. The normalized spacial score (nSPS) is 12.0. The Labute approximate surface area is 129 Å². The van der Waals surface area contributed by atoms with Gasteiger partial charge in [-0.05, 0) is 27.6 Å². The van der Waals surface area contributed by atoms with Crippen molar-refractivity contribution >= 4 is 27.5 Å². The fourth-order valence-electron chi connectivity index (χ4n) is 1.92. The Morgan fingerprint density at radius 3 is 2.48 bits per heavy atom. The van der Waals surface area contributed by atoms with Crippen LogP contribution in [-0.2, 0) is 4.79 Å². The Hall–Kier alpha value is -1.79. The zero-order chi connectivity index (χ0) is 15.4. The van der Waals surface area contributed by atoms with Gasteiger partial charge >= 0.3 is 0 Å². The summed E-state index contributed by atoms with van der Waals surface area (Å²) in [6.45, 7) is 0.0832. The van der Waals surface area contributed by atoms with Crippen LogP contribution in [0.15, 0.2) is 46.9 Å². The molecule has 2 rings (SSSR count). The number of carbonyl (C=O) groups excluding carboxylic acids is 1. The summed E-state index contributed by atoms with van der Waals surface area (Å²) in [5.74, 6) is -2.62. The fourth-order valence-corrected chi connectivity index (χ4v) is 2.26. The van der Waals surface area contributed by atoms with E-state index in [1.807, 2.05) is 6.07 Å². The Balaban J connectivity index is 2.23. The molecule has 3 N–H and O–H groups in total. The highest BCUT2D eigenvalue weighted by Crippen LogP contribution is 2.25. The quantitative estimate of drug-likeness (QED) is 0.826. The molecule has 0 radical (unpaired) electrons. The monoisotopic (exact) mass is 354 g/mol. The van der Waals surface area contributed by atoms with Gasteiger partial charge < -0.3 is 11.1 Å². The van der Waals surface area contributed by atoms with Crippen molar-refractivity contribution in [3.63, 3.8) is 0 Å². The molecular weight excluding hydrogens is 342 g/mol. The average molecular weight is 355 g/mol. The van der Waals surface area contributed by atoms with E-state index in [1.54, 1.807) is 24.3 Å². The van der Waals surface area contributed by atoms with Gasteiger partial charge in [-0.3, -0.25) is 4.79 Å².